The van der Waals surface area contributed by atoms with Crippen LogP contribution in [0.15, 0.2) is 48.5 Å². The summed E-state index contributed by atoms with van der Waals surface area (Å²) in [6.45, 7) is 4.03. The van der Waals surface area contributed by atoms with Gasteiger partial charge in [-0.2, -0.15) is 0 Å². The van der Waals surface area contributed by atoms with Gasteiger partial charge in [0.05, 0.1) is 0 Å². The van der Waals surface area contributed by atoms with E-state index in [4.69, 9.17) is 0 Å². The first-order valence-electron chi connectivity index (χ1n) is 9.94. The average Bonchev–Trinajstić information content (AvgIpc) is 2.71. The molecule has 5 heteroatoms. The summed E-state index contributed by atoms with van der Waals surface area (Å²) in [7, 11) is 0. The normalized spacial score (nSPS) is 18.5. The molecule has 2 aliphatic rings. The third-order valence-electron chi connectivity index (χ3n) is 5.92. The second-order valence-corrected chi connectivity index (χ2v) is 7.92. The van der Waals surface area contributed by atoms with Crippen molar-refractivity contribution in [3.05, 3.63) is 59.7 Å². The van der Waals surface area contributed by atoms with Crippen LogP contribution in [-0.2, 0) is 4.79 Å². The van der Waals surface area contributed by atoms with Crippen LogP contribution in [0.4, 0.5) is 0 Å². The van der Waals surface area contributed by atoms with E-state index in [1.165, 1.54) is 5.56 Å². The Balaban J connectivity index is 1.38. The largest absolute Gasteiger partial charge is 0.380 e. The van der Waals surface area contributed by atoms with E-state index >= 15 is 0 Å². The Hall–Kier alpha value is -2.66. The summed E-state index contributed by atoms with van der Waals surface area (Å²) < 4.78 is 0. The summed E-state index contributed by atoms with van der Waals surface area (Å²) in [4.78, 5) is 28.7. The number of nitrogens with zero attached hydrogens (tertiary/aromatic N) is 2. The molecular weight excluding hydrogens is 352 g/mol. The summed E-state index contributed by atoms with van der Waals surface area (Å²) in [5.41, 5.74) is 2.94. The molecule has 146 valence electrons. The Bertz CT molecular complexity index is 879. The minimum atomic E-state index is -1.15. The van der Waals surface area contributed by atoms with Crippen molar-refractivity contribution >= 4 is 11.8 Å². The molecule has 2 amide bonds. The molecule has 2 aromatic carbocycles. The predicted octanol–water partition coefficient (Wildman–Crippen LogP) is 2.86. The van der Waals surface area contributed by atoms with Crippen molar-refractivity contribution in [1.29, 1.82) is 0 Å². The van der Waals surface area contributed by atoms with Crippen molar-refractivity contribution in [2.24, 2.45) is 0 Å². The highest BCUT2D eigenvalue weighted by atomic mass is 16.3. The molecule has 0 bridgehead atoms. The smallest absolute Gasteiger partial charge is 0.254 e. The number of hydrogen-bond acceptors (Lipinski definition) is 3. The van der Waals surface area contributed by atoms with Crippen molar-refractivity contribution in [3.8, 4) is 11.1 Å². The van der Waals surface area contributed by atoms with Crippen LogP contribution < -0.4 is 0 Å². The third kappa shape index (κ3) is 3.54. The van der Waals surface area contributed by atoms with Gasteiger partial charge < -0.3 is 14.9 Å². The molecule has 1 N–H and O–H groups in total. The van der Waals surface area contributed by atoms with Gasteiger partial charge in [0.15, 0.2) is 0 Å². The molecule has 0 radical (unpaired) electrons. The van der Waals surface area contributed by atoms with Crippen LogP contribution in [0.1, 0.15) is 35.2 Å². The number of carbonyl (C=O) groups is 2. The van der Waals surface area contributed by atoms with Crippen LogP contribution in [0.5, 0.6) is 0 Å². The van der Waals surface area contributed by atoms with Gasteiger partial charge in [-0.15, -0.1) is 0 Å². The molecule has 1 aliphatic heterocycles. The van der Waals surface area contributed by atoms with E-state index in [1.54, 1.807) is 9.80 Å². The number of aliphatic hydroxyl groups is 1. The molecule has 1 aliphatic carbocycles. The lowest BCUT2D eigenvalue weighted by Gasteiger charge is -2.42. The Morgan fingerprint density at radius 3 is 2.11 bits per heavy atom. The minimum absolute atomic E-state index is 0.00903. The third-order valence-corrected chi connectivity index (χ3v) is 5.92. The molecule has 2 fully saturated rings. The second-order valence-electron chi connectivity index (χ2n) is 7.92. The van der Waals surface area contributed by atoms with Crippen molar-refractivity contribution < 1.29 is 14.7 Å². The Morgan fingerprint density at radius 1 is 0.893 bits per heavy atom. The minimum Gasteiger partial charge on any atom is -0.380 e. The molecule has 1 saturated heterocycles. The molecular formula is C23H26N2O3. The average molecular weight is 378 g/mol. The number of amides is 2. The molecule has 28 heavy (non-hydrogen) atoms. The van der Waals surface area contributed by atoms with E-state index < -0.39 is 5.60 Å². The lowest BCUT2D eigenvalue weighted by Crippen LogP contribution is -2.58. The SMILES string of the molecule is Cc1cccc(-c2ccc(C(=O)N3CCN(C(=O)C4(O)CCC4)CC3)cc2)c1. The second kappa shape index (κ2) is 7.40. The van der Waals surface area contributed by atoms with Crippen LogP contribution in [0, 0.1) is 6.92 Å². The first-order chi connectivity index (χ1) is 13.5. The molecule has 0 aromatic heterocycles. The fourth-order valence-electron chi connectivity index (χ4n) is 3.94. The molecule has 0 atom stereocenters. The van der Waals surface area contributed by atoms with Crippen molar-refractivity contribution in [3.63, 3.8) is 0 Å². The van der Waals surface area contributed by atoms with Crippen LogP contribution in [-0.4, -0.2) is 58.5 Å². The first-order valence-corrected chi connectivity index (χ1v) is 9.94. The van der Waals surface area contributed by atoms with Gasteiger partial charge in [0.1, 0.15) is 5.60 Å². The summed E-state index contributed by atoms with van der Waals surface area (Å²) in [6, 6.07) is 16.0. The van der Waals surface area contributed by atoms with E-state index in [1.807, 2.05) is 30.3 Å². The summed E-state index contributed by atoms with van der Waals surface area (Å²) in [5, 5.41) is 10.2. The Labute approximate surface area is 165 Å². The van der Waals surface area contributed by atoms with Gasteiger partial charge in [0, 0.05) is 31.7 Å². The van der Waals surface area contributed by atoms with Crippen molar-refractivity contribution in [1.82, 2.24) is 9.80 Å². The highest BCUT2D eigenvalue weighted by Crippen LogP contribution is 2.33. The van der Waals surface area contributed by atoms with Crippen LogP contribution in [0.2, 0.25) is 0 Å². The summed E-state index contributed by atoms with van der Waals surface area (Å²) in [5.74, 6) is -0.182. The maximum atomic E-state index is 12.8. The van der Waals surface area contributed by atoms with Gasteiger partial charge in [0.2, 0.25) is 0 Å². The topological polar surface area (TPSA) is 60.9 Å². The van der Waals surface area contributed by atoms with E-state index in [0.717, 1.165) is 17.5 Å². The van der Waals surface area contributed by atoms with Crippen molar-refractivity contribution in [2.45, 2.75) is 31.8 Å². The zero-order valence-corrected chi connectivity index (χ0v) is 16.2. The molecule has 2 aromatic rings. The zero-order valence-electron chi connectivity index (χ0n) is 16.2. The number of rotatable bonds is 3. The highest BCUT2D eigenvalue weighted by Gasteiger charge is 2.45. The van der Waals surface area contributed by atoms with Gasteiger partial charge in [-0.05, 0) is 49.4 Å². The van der Waals surface area contributed by atoms with Gasteiger partial charge in [-0.1, -0.05) is 42.0 Å². The predicted molar refractivity (Wildman–Crippen MR) is 108 cm³/mol. The lowest BCUT2D eigenvalue weighted by atomic mass is 9.79. The van der Waals surface area contributed by atoms with E-state index in [9.17, 15) is 14.7 Å². The van der Waals surface area contributed by atoms with Crippen LogP contribution in [0.3, 0.4) is 0 Å². The molecule has 4 rings (SSSR count). The fraction of sp³-hybridized carbons (Fsp3) is 0.391. The Kier molecular flexibility index (Phi) is 4.94. The van der Waals surface area contributed by atoms with Crippen LogP contribution >= 0.6 is 0 Å². The van der Waals surface area contributed by atoms with Gasteiger partial charge in [-0.3, -0.25) is 9.59 Å². The highest BCUT2D eigenvalue weighted by molar-refractivity contribution is 5.95. The molecule has 1 heterocycles. The number of hydrogen-bond donors (Lipinski definition) is 1. The van der Waals surface area contributed by atoms with Gasteiger partial charge in [0.25, 0.3) is 11.8 Å². The number of benzene rings is 2. The summed E-state index contributed by atoms with van der Waals surface area (Å²) in [6.07, 6.45) is 2.01. The maximum absolute atomic E-state index is 12.8. The molecule has 0 spiro atoms. The Morgan fingerprint density at radius 2 is 1.54 bits per heavy atom. The fourth-order valence-corrected chi connectivity index (χ4v) is 3.94. The maximum Gasteiger partial charge on any atom is 0.254 e. The number of aryl methyl sites for hydroxylation is 1. The standard InChI is InChI=1S/C23H26N2O3/c1-17-4-2-5-20(16-17)18-6-8-19(9-7-18)21(26)24-12-14-25(15-13-24)22(27)23(28)10-3-11-23/h2,4-9,16,28H,3,10-15H2,1H3. The summed E-state index contributed by atoms with van der Waals surface area (Å²) >= 11 is 0. The molecule has 5 nitrogen and oxygen atoms in total. The van der Waals surface area contributed by atoms with E-state index in [-0.39, 0.29) is 11.8 Å². The molecule has 1 saturated carbocycles. The number of piperazine rings is 1. The van der Waals surface area contributed by atoms with Crippen LogP contribution in [0.25, 0.3) is 11.1 Å². The van der Waals surface area contributed by atoms with Gasteiger partial charge in [-0.25, -0.2) is 0 Å². The zero-order chi connectivity index (χ0) is 19.7. The van der Waals surface area contributed by atoms with Gasteiger partial charge >= 0.3 is 0 Å². The monoisotopic (exact) mass is 378 g/mol. The lowest BCUT2D eigenvalue weighted by molar-refractivity contribution is -0.161. The first kappa shape index (κ1) is 18.7. The van der Waals surface area contributed by atoms with E-state index in [2.05, 4.69) is 25.1 Å². The number of carbonyl (C=O) groups excluding carboxylic acids is 2. The van der Waals surface area contributed by atoms with Crippen molar-refractivity contribution in [2.75, 3.05) is 26.2 Å². The van der Waals surface area contributed by atoms with E-state index in [0.29, 0.717) is 44.6 Å². The quantitative estimate of drug-likeness (QED) is 0.893. The molecule has 0 unspecified atom stereocenters.